The molecule has 35 heavy (non-hydrogen) atoms. The molecule has 0 bridgehead atoms. The lowest BCUT2D eigenvalue weighted by Gasteiger charge is -2.09. The Hall–Kier alpha value is -4.46. The standard InChI is InChI=1S/C28H18BN3O3/c33-29(34)21-14-8-13-20-25-27(35-26(20)21)24(17-9-2-1-3-10-17)30-28(31-25)32-22-15-6-4-11-18(22)19-12-5-7-16-23(19)32/h1-16,33-34H. The molecule has 3 aromatic heterocycles. The molecule has 6 nitrogen and oxygen atoms in total. The lowest BCUT2D eigenvalue weighted by atomic mass is 9.79. The van der Waals surface area contributed by atoms with Crippen molar-refractivity contribution in [3.63, 3.8) is 0 Å². The third-order valence-electron chi connectivity index (χ3n) is 6.46. The first-order valence-corrected chi connectivity index (χ1v) is 11.3. The lowest BCUT2D eigenvalue weighted by Crippen LogP contribution is -2.29. The van der Waals surface area contributed by atoms with Crippen LogP contribution < -0.4 is 5.46 Å². The zero-order valence-corrected chi connectivity index (χ0v) is 18.5. The van der Waals surface area contributed by atoms with E-state index in [9.17, 15) is 10.0 Å². The van der Waals surface area contributed by atoms with Crippen molar-refractivity contribution in [2.24, 2.45) is 0 Å². The summed E-state index contributed by atoms with van der Waals surface area (Å²) in [5.41, 5.74) is 5.34. The Morgan fingerprint density at radius 3 is 1.94 bits per heavy atom. The van der Waals surface area contributed by atoms with Crippen molar-refractivity contribution in [3.8, 4) is 17.2 Å². The van der Waals surface area contributed by atoms with Crippen LogP contribution in [0.4, 0.5) is 0 Å². The van der Waals surface area contributed by atoms with E-state index in [0.29, 0.717) is 33.7 Å². The number of hydrogen-bond acceptors (Lipinski definition) is 5. The topological polar surface area (TPSA) is 84.3 Å². The molecule has 3 heterocycles. The zero-order chi connectivity index (χ0) is 23.5. The molecule has 0 spiro atoms. The van der Waals surface area contributed by atoms with Gasteiger partial charge >= 0.3 is 7.12 Å². The second-order valence-electron chi connectivity index (χ2n) is 8.49. The van der Waals surface area contributed by atoms with Crippen molar-refractivity contribution in [1.29, 1.82) is 0 Å². The first-order valence-electron chi connectivity index (χ1n) is 11.3. The summed E-state index contributed by atoms with van der Waals surface area (Å²) in [6, 6.07) is 31.5. The van der Waals surface area contributed by atoms with Gasteiger partial charge in [0, 0.05) is 27.2 Å². The van der Waals surface area contributed by atoms with E-state index in [-0.39, 0.29) is 5.46 Å². The largest absolute Gasteiger partial charge is 0.492 e. The average Bonchev–Trinajstić information content (AvgIpc) is 3.44. The van der Waals surface area contributed by atoms with Crippen molar-refractivity contribution in [2.45, 2.75) is 0 Å². The van der Waals surface area contributed by atoms with Crippen LogP contribution in [0, 0.1) is 0 Å². The van der Waals surface area contributed by atoms with E-state index in [1.165, 1.54) is 0 Å². The summed E-state index contributed by atoms with van der Waals surface area (Å²) in [6.45, 7) is 0. The maximum absolute atomic E-state index is 9.93. The molecule has 0 unspecified atom stereocenters. The van der Waals surface area contributed by atoms with Gasteiger partial charge in [-0.05, 0) is 18.2 Å². The summed E-state index contributed by atoms with van der Waals surface area (Å²) in [5.74, 6) is 0.520. The van der Waals surface area contributed by atoms with Gasteiger partial charge in [0.25, 0.3) is 0 Å². The normalized spacial score (nSPS) is 11.7. The quantitative estimate of drug-likeness (QED) is 0.374. The van der Waals surface area contributed by atoms with E-state index in [1.807, 2.05) is 60.7 Å². The van der Waals surface area contributed by atoms with Crippen LogP contribution in [0.2, 0.25) is 0 Å². The van der Waals surface area contributed by atoms with Gasteiger partial charge in [-0.3, -0.25) is 4.57 Å². The molecule has 0 atom stereocenters. The summed E-state index contributed by atoms with van der Waals surface area (Å²) in [6.07, 6.45) is 0. The van der Waals surface area contributed by atoms with E-state index in [4.69, 9.17) is 14.4 Å². The Morgan fingerprint density at radius 1 is 0.629 bits per heavy atom. The highest BCUT2D eigenvalue weighted by molar-refractivity contribution is 6.61. The monoisotopic (exact) mass is 455 g/mol. The molecule has 0 aliphatic carbocycles. The van der Waals surface area contributed by atoms with Gasteiger partial charge < -0.3 is 14.5 Å². The predicted molar refractivity (Wildman–Crippen MR) is 139 cm³/mol. The highest BCUT2D eigenvalue weighted by Crippen LogP contribution is 2.36. The summed E-state index contributed by atoms with van der Waals surface area (Å²) in [5, 5.41) is 22.8. The number of nitrogens with zero attached hydrogens (tertiary/aromatic N) is 3. The molecule has 7 rings (SSSR count). The molecule has 0 radical (unpaired) electrons. The number of rotatable bonds is 3. The summed E-state index contributed by atoms with van der Waals surface area (Å²) in [4.78, 5) is 10.0. The van der Waals surface area contributed by atoms with Crippen LogP contribution in [-0.4, -0.2) is 31.7 Å². The van der Waals surface area contributed by atoms with Gasteiger partial charge in [0.2, 0.25) is 5.95 Å². The Labute approximate surface area is 199 Å². The SMILES string of the molecule is OB(O)c1cccc2c1oc1c(-c3ccccc3)nc(-n3c4ccccc4c4ccccc43)nc12. The second-order valence-corrected chi connectivity index (χ2v) is 8.49. The smallest absolute Gasteiger partial charge is 0.452 e. The fourth-order valence-corrected chi connectivity index (χ4v) is 4.91. The molecule has 0 aliphatic heterocycles. The van der Waals surface area contributed by atoms with Crippen LogP contribution in [-0.2, 0) is 0 Å². The van der Waals surface area contributed by atoms with Crippen molar-refractivity contribution >= 4 is 56.5 Å². The predicted octanol–water partition coefficient (Wildman–Crippen LogP) is 4.82. The van der Waals surface area contributed by atoms with Gasteiger partial charge in [0.1, 0.15) is 16.8 Å². The molecule has 0 aliphatic rings. The van der Waals surface area contributed by atoms with Gasteiger partial charge in [0.15, 0.2) is 5.58 Å². The van der Waals surface area contributed by atoms with Crippen LogP contribution in [0.15, 0.2) is 101 Å². The zero-order valence-electron chi connectivity index (χ0n) is 18.5. The van der Waals surface area contributed by atoms with Gasteiger partial charge in [-0.2, -0.15) is 0 Å². The third-order valence-corrected chi connectivity index (χ3v) is 6.46. The van der Waals surface area contributed by atoms with Gasteiger partial charge in [0.05, 0.1) is 11.0 Å². The molecule has 2 N–H and O–H groups in total. The fraction of sp³-hybridized carbons (Fsp3) is 0. The van der Waals surface area contributed by atoms with E-state index in [0.717, 1.165) is 27.4 Å². The number of hydrogen-bond donors (Lipinski definition) is 2. The van der Waals surface area contributed by atoms with Crippen molar-refractivity contribution in [3.05, 3.63) is 97.1 Å². The minimum absolute atomic E-state index is 0.290. The number of benzene rings is 4. The molecular weight excluding hydrogens is 437 g/mol. The highest BCUT2D eigenvalue weighted by atomic mass is 16.4. The van der Waals surface area contributed by atoms with E-state index in [2.05, 4.69) is 28.8 Å². The summed E-state index contributed by atoms with van der Waals surface area (Å²) in [7, 11) is -1.66. The maximum Gasteiger partial charge on any atom is 0.492 e. The highest BCUT2D eigenvalue weighted by Gasteiger charge is 2.24. The molecule has 0 saturated heterocycles. The molecule has 0 saturated carbocycles. The summed E-state index contributed by atoms with van der Waals surface area (Å²) < 4.78 is 8.29. The Bertz CT molecular complexity index is 1840. The Balaban J connectivity index is 1.65. The first kappa shape index (κ1) is 20.0. The molecule has 4 aromatic carbocycles. The Morgan fingerprint density at radius 2 is 1.26 bits per heavy atom. The molecule has 0 amide bonds. The molecule has 7 heteroatoms. The van der Waals surface area contributed by atoms with Gasteiger partial charge in [-0.25, -0.2) is 9.97 Å². The van der Waals surface area contributed by atoms with Crippen LogP contribution in [0.1, 0.15) is 0 Å². The number of aromatic nitrogens is 3. The van der Waals surface area contributed by atoms with E-state index in [1.54, 1.807) is 12.1 Å². The van der Waals surface area contributed by atoms with Crippen LogP contribution in [0.3, 0.4) is 0 Å². The van der Waals surface area contributed by atoms with Crippen LogP contribution in [0.25, 0.3) is 61.1 Å². The third kappa shape index (κ3) is 2.92. The average molecular weight is 455 g/mol. The van der Waals surface area contributed by atoms with Crippen LogP contribution in [0.5, 0.6) is 0 Å². The van der Waals surface area contributed by atoms with Crippen LogP contribution >= 0.6 is 0 Å². The first-order chi connectivity index (χ1) is 17.2. The maximum atomic E-state index is 9.93. The van der Waals surface area contributed by atoms with Gasteiger partial charge in [-0.1, -0.05) is 78.9 Å². The number of para-hydroxylation sites is 3. The summed E-state index contributed by atoms with van der Waals surface area (Å²) >= 11 is 0. The van der Waals surface area contributed by atoms with Crippen molar-refractivity contribution < 1.29 is 14.5 Å². The molecular formula is C28H18BN3O3. The lowest BCUT2D eigenvalue weighted by molar-refractivity contribution is 0.425. The number of fused-ring (bicyclic) bond motifs is 6. The van der Waals surface area contributed by atoms with E-state index < -0.39 is 7.12 Å². The minimum atomic E-state index is -1.66. The second kappa shape index (κ2) is 7.53. The Kier molecular flexibility index (Phi) is 4.29. The molecule has 7 aromatic rings. The molecule has 166 valence electrons. The van der Waals surface area contributed by atoms with Crippen molar-refractivity contribution in [1.82, 2.24) is 14.5 Å². The fourth-order valence-electron chi connectivity index (χ4n) is 4.91. The molecule has 0 fully saturated rings. The minimum Gasteiger partial charge on any atom is -0.452 e. The van der Waals surface area contributed by atoms with Gasteiger partial charge in [-0.15, -0.1) is 0 Å². The number of furan rings is 1. The van der Waals surface area contributed by atoms with E-state index >= 15 is 0 Å². The van der Waals surface area contributed by atoms with Crippen molar-refractivity contribution in [2.75, 3.05) is 0 Å².